The van der Waals surface area contributed by atoms with Crippen LogP contribution in [-0.4, -0.2) is 12.6 Å². The molecule has 1 rings (SSSR count). The summed E-state index contributed by atoms with van der Waals surface area (Å²) in [5.74, 6) is 0. The van der Waals surface area contributed by atoms with Crippen LogP contribution in [0.25, 0.3) is 6.08 Å². The maximum atomic E-state index is 3.46. The third-order valence-electron chi connectivity index (χ3n) is 2.16. The molecular weight excluding hydrogens is 258 g/mol. The lowest BCUT2D eigenvalue weighted by Gasteiger charge is -2.12. The zero-order valence-electron chi connectivity index (χ0n) is 8.80. The Hall–Kier alpha value is -0.120. The Morgan fingerprint density at radius 3 is 2.86 bits per heavy atom. The lowest BCUT2D eigenvalue weighted by atomic mass is 10.1. The van der Waals surface area contributed by atoms with Crippen molar-refractivity contribution in [1.82, 2.24) is 5.32 Å². The maximum Gasteiger partial charge on any atom is 0.0704 e. The summed E-state index contributed by atoms with van der Waals surface area (Å²) in [4.78, 5) is 1.30. The van der Waals surface area contributed by atoms with Crippen LogP contribution in [0.3, 0.4) is 0 Å². The third-order valence-corrected chi connectivity index (χ3v) is 3.73. The lowest BCUT2D eigenvalue weighted by Crippen LogP contribution is -2.26. The molecule has 0 aliphatic rings. The number of rotatable bonds is 4. The SMILES string of the molecule is CCNC(C)/C(C)=C/c1ccc(Br)s1. The van der Waals surface area contributed by atoms with Crippen LogP contribution in [0.5, 0.6) is 0 Å². The van der Waals surface area contributed by atoms with Crippen LogP contribution >= 0.6 is 27.3 Å². The molecule has 0 amide bonds. The summed E-state index contributed by atoms with van der Waals surface area (Å²) in [6.45, 7) is 7.50. The lowest BCUT2D eigenvalue weighted by molar-refractivity contribution is 0.636. The molecule has 78 valence electrons. The Morgan fingerprint density at radius 1 is 1.64 bits per heavy atom. The molecule has 0 saturated carbocycles. The summed E-state index contributed by atoms with van der Waals surface area (Å²) in [7, 11) is 0. The molecule has 0 aliphatic heterocycles. The quantitative estimate of drug-likeness (QED) is 0.877. The molecule has 0 spiro atoms. The van der Waals surface area contributed by atoms with Crippen LogP contribution in [0.1, 0.15) is 25.6 Å². The smallest absolute Gasteiger partial charge is 0.0704 e. The molecule has 0 radical (unpaired) electrons. The van der Waals surface area contributed by atoms with Crippen molar-refractivity contribution in [1.29, 1.82) is 0 Å². The second kappa shape index (κ2) is 5.69. The van der Waals surface area contributed by atoms with Crippen LogP contribution in [-0.2, 0) is 0 Å². The molecule has 1 unspecified atom stereocenters. The highest BCUT2D eigenvalue weighted by molar-refractivity contribution is 9.11. The number of hydrogen-bond donors (Lipinski definition) is 1. The standard InChI is InChI=1S/C11H16BrNS/c1-4-13-9(3)8(2)7-10-5-6-11(12)14-10/h5-7,9,13H,4H2,1-3H3/b8-7+. The van der Waals surface area contributed by atoms with Crippen molar-refractivity contribution < 1.29 is 0 Å². The van der Waals surface area contributed by atoms with E-state index in [-0.39, 0.29) is 0 Å². The van der Waals surface area contributed by atoms with Gasteiger partial charge in [0.2, 0.25) is 0 Å². The normalized spacial score (nSPS) is 14.4. The first kappa shape index (κ1) is 12.0. The summed E-state index contributed by atoms with van der Waals surface area (Å²) in [5, 5.41) is 3.40. The van der Waals surface area contributed by atoms with E-state index in [0.717, 1.165) is 6.54 Å². The molecule has 1 aromatic rings. The van der Waals surface area contributed by atoms with Gasteiger partial charge >= 0.3 is 0 Å². The van der Waals surface area contributed by atoms with Crippen molar-refractivity contribution in [2.75, 3.05) is 6.54 Å². The Bertz CT molecular complexity index is 317. The molecule has 3 heteroatoms. The Balaban J connectivity index is 2.67. The summed E-state index contributed by atoms with van der Waals surface area (Å²) in [6.07, 6.45) is 2.24. The average molecular weight is 274 g/mol. The molecule has 14 heavy (non-hydrogen) atoms. The molecule has 0 aromatic carbocycles. The Kier molecular flexibility index (Phi) is 4.85. The highest BCUT2D eigenvalue weighted by atomic mass is 79.9. The van der Waals surface area contributed by atoms with Crippen molar-refractivity contribution in [2.24, 2.45) is 0 Å². The van der Waals surface area contributed by atoms with Crippen LogP contribution < -0.4 is 5.32 Å². The second-order valence-electron chi connectivity index (χ2n) is 3.31. The van der Waals surface area contributed by atoms with E-state index in [4.69, 9.17) is 0 Å². The zero-order chi connectivity index (χ0) is 10.6. The average Bonchev–Trinajstić information content (AvgIpc) is 2.51. The van der Waals surface area contributed by atoms with Crippen molar-refractivity contribution >= 4 is 33.3 Å². The fraction of sp³-hybridized carbons (Fsp3) is 0.455. The molecule has 0 saturated heterocycles. The van der Waals surface area contributed by atoms with E-state index in [1.807, 2.05) is 0 Å². The minimum atomic E-state index is 0.459. The fourth-order valence-electron chi connectivity index (χ4n) is 1.22. The van der Waals surface area contributed by atoms with Gasteiger partial charge in [-0.2, -0.15) is 0 Å². The van der Waals surface area contributed by atoms with Crippen molar-refractivity contribution in [3.63, 3.8) is 0 Å². The monoisotopic (exact) mass is 273 g/mol. The molecule has 1 atom stereocenters. The predicted molar refractivity (Wildman–Crippen MR) is 68.8 cm³/mol. The van der Waals surface area contributed by atoms with Crippen LogP contribution in [0.15, 0.2) is 21.5 Å². The number of hydrogen-bond acceptors (Lipinski definition) is 2. The summed E-state index contributed by atoms with van der Waals surface area (Å²) < 4.78 is 1.19. The summed E-state index contributed by atoms with van der Waals surface area (Å²) >= 11 is 5.23. The number of halogens is 1. The molecule has 1 aromatic heterocycles. The van der Waals surface area contributed by atoms with E-state index in [0.29, 0.717) is 6.04 Å². The minimum absolute atomic E-state index is 0.459. The first-order valence-electron chi connectivity index (χ1n) is 4.80. The van der Waals surface area contributed by atoms with Gasteiger partial charge in [-0.1, -0.05) is 12.5 Å². The van der Waals surface area contributed by atoms with Gasteiger partial charge in [-0.15, -0.1) is 11.3 Å². The minimum Gasteiger partial charge on any atom is -0.311 e. The van der Waals surface area contributed by atoms with Gasteiger partial charge in [0.15, 0.2) is 0 Å². The molecule has 0 aliphatic carbocycles. The van der Waals surface area contributed by atoms with E-state index in [9.17, 15) is 0 Å². The largest absolute Gasteiger partial charge is 0.311 e. The van der Waals surface area contributed by atoms with Crippen LogP contribution in [0.2, 0.25) is 0 Å². The fourth-order valence-corrected chi connectivity index (χ4v) is 2.66. The van der Waals surface area contributed by atoms with E-state index in [1.54, 1.807) is 11.3 Å². The van der Waals surface area contributed by atoms with Gasteiger partial charge < -0.3 is 5.32 Å². The van der Waals surface area contributed by atoms with Gasteiger partial charge in [0, 0.05) is 10.9 Å². The van der Waals surface area contributed by atoms with Gasteiger partial charge in [0.25, 0.3) is 0 Å². The van der Waals surface area contributed by atoms with Crippen LogP contribution in [0.4, 0.5) is 0 Å². The second-order valence-corrected chi connectivity index (χ2v) is 5.80. The molecule has 0 fully saturated rings. The first-order valence-corrected chi connectivity index (χ1v) is 6.41. The molecule has 0 bridgehead atoms. The van der Waals surface area contributed by atoms with Gasteiger partial charge in [-0.3, -0.25) is 0 Å². The number of thiophene rings is 1. The Morgan fingerprint density at radius 2 is 2.36 bits per heavy atom. The topological polar surface area (TPSA) is 12.0 Å². The van der Waals surface area contributed by atoms with E-state index >= 15 is 0 Å². The number of likely N-dealkylation sites (N-methyl/N-ethyl adjacent to an activating group) is 1. The van der Waals surface area contributed by atoms with Gasteiger partial charge in [0.1, 0.15) is 0 Å². The highest BCUT2D eigenvalue weighted by Gasteiger charge is 2.02. The Labute approximate surface area is 98.4 Å². The highest BCUT2D eigenvalue weighted by Crippen LogP contribution is 2.24. The summed E-state index contributed by atoms with van der Waals surface area (Å²) in [6, 6.07) is 4.68. The van der Waals surface area contributed by atoms with Gasteiger partial charge in [-0.25, -0.2) is 0 Å². The predicted octanol–water partition coefficient (Wildman–Crippen LogP) is 3.91. The maximum absolute atomic E-state index is 3.46. The molecule has 1 nitrogen and oxygen atoms in total. The van der Waals surface area contributed by atoms with E-state index in [1.165, 1.54) is 14.2 Å². The van der Waals surface area contributed by atoms with Crippen molar-refractivity contribution in [2.45, 2.75) is 26.8 Å². The van der Waals surface area contributed by atoms with Crippen molar-refractivity contribution in [3.8, 4) is 0 Å². The van der Waals surface area contributed by atoms with Gasteiger partial charge in [-0.05, 0) is 54.5 Å². The molecule has 1 N–H and O–H groups in total. The van der Waals surface area contributed by atoms with E-state index in [2.05, 4.69) is 60.2 Å². The van der Waals surface area contributed by atoms with Gasteiger partial charge in [0.05, 0.1) is 3.79 Å². The van der Waals surface area contributed by atoms with Crippen molar-refractivity contribution in [3.05, 3.63) is 26.4 Å². The zero-order valence-corrected chi connectivity index (χ0v) is 11.2. The van der Waals surface area contributed by atoms with Crippen LogP contribution in [0, 0.1) is 0 Å². The first-order chi connectivity index (χ1) is 6.63. The molecular formula is C11H16BrNS. The molecule has 1 heterocycles. The third kappa shape index (κ3) is 3.56. The number of nitrogens with one attached hydrogen (secondary N) is 1. The van der Waals surface area contributed by atoms with E-state index < -0.39 is 0 Å². The summed E-state index contributed by atoms with van der Waals surface area (Å²) in [5.41, 5.74) is 1.38.